The van der Waals surface area contributed by atoms with E-state index in [-0.39, 0.29) is 19.8 Å². The zero-order valence-corrected chi connectivity index (χ0v) is 13.5. The molecule has 0 radical (unpaired) electrons. The number of hydrogen-bond acceptors (Lipinski definition) is 5. The van der Waals surface area contributed by atoms with Crippen molar-refractivity contribution in [1.82, 2.24) is 5.43 Å². The quantitative estimate of drug-likeness (QED) is 0.203. The standard InChI is InChI=1S/C14H12F3N3.C2H6N2O2.CH4/c15-14(16,17)9-5-7-10(8-6-9)20-12-4-2-1-3-11(12)13(18)19;3-4-1-2(5)6;/h1-8,20H,(H3,18,19);4H,1,3H2,(H,5,6);1H4. The minimum absolute atomic E-state index is 0. The third kappa shape index (κ3) is 8.21. The lowest BCUT2D eigenvalue weighted by molar-refractivity contribution is -0.138. The molecule has 0 amide bonds. The molecule has 7 nitrogen and oxygen atoms in total. The van der Waals surface area contributed by atoms with Crippen LogP contribution in [0.1, 0.15) is 18.6 Å². The van der Waals surface area contributed by atoms with Crippen molar-refractivity contribution < 1.29 is 23.1 Å². The topological polar surface area (TPSA) is 137 Å². The van der Waals surface area contributed by atoms with Crippen LogP contribution in [0.25, 0.3) is 0 Å². The number of amidine groups is 1. The van der Waals surface area contributed by atoms with Crippen molar-refractivity contribution in [2.24, 2.45) is 11.6 Å². The van der Waals surface area contributed by atoms with Gasteiger partial charge in [-0.25, -0.2) is 5.43 Å². The highest BCUT2D eigenvalue weighted by Crippen LogP contribution is 2.30. The van der Waals surface area contributed by atoms with Gasteiger partial charge in [0.05, 0.1) is 5.56 Å². The largest absolute Gasteiger partial charge is 0.480 e. The number of nitrogens with one attached hydrogen (secondary N) is 3. The number of nitrogen functional groups attached to an aromatic ring is 1. The Bertz CT molecular complexity index is 749. The van der Waals surface area contributed by atoms with Crippen molar-refractivity contribution in [3.63, 3.8) is 0 Å². The van der Waals surface area contributed by atoms with Gasteiger partial charge in [-0.15, -0.1) is 0 Å². The van der Waals surface area contributed by atoms with E-state index in [2.05, 4.69) is 11.2 Å². The molecule has 0 fully saturated rings. The molecular weight excluding hydrogens is 363 g/mol. The first-order chi connectivity index (χ1) is 12.1. The fraction of sp³-hybridized carbons (Fsp3) is 0.176. The van der Waals surface area contributed by atoms with Crippen LogP contribution in [0.15, 0.2) is 48.5 Å². The maximum atomic E-state index is 12.5. The van der Waals surface area contributed by atoms with Crippen molar-refractivity contribution in [3.05, 3.63) is 59.7 Å². The van der Waals surface area contributed by atoms with Gasteiger partial charge in [0.1, 0.15) is 12.4 Å². The zero-order valence-electron chi connectivity index (χ0n) is 13.5. The summed E-state index contributed by atoms with van der Waals surface area (Å²) in [4.78, 5) is 9.46. The smallest absolute Gasteiger partial charge is 0.416 e. The molecule has 27 heavy (non-hydrogen) atoms. The fourth-order valence-electron chi connectivity index (χ4n) is 1.81. The second-order valence-electron chi connectivity index (χ2n) is 4.93. The molecule has 148 valence electrons. The number of hydrogen-bond donors (Lipinski definition) is 6. The molecule has 2 rings (SSSR count). The van der Waals surface area contributed by atoms with Crippen molar-refractivity contribution in [2.45, 2.75) is 13.6 Å². The normalized spacial score (nSPS) is 10.1. The number of anilines is 2. The Hall–Kier alpha value is -3.11. The van der Waals surface area contributed by atoms with Crippen LogP contribution in [0.3, 0.4) is 0 Å². The summed E-state index contributed by atoms with van der Waals surface area (Å²) < 4.78 is 37.4. The first kappa shape index (κ1) is 23.9. The maximum Gasteiger partial charge on any atom is 0.416 e. The fourth-order valence-corrected chi connectivity index (χ4v) is 1.81. The molecule has 2 aromatic carbocycles. The van der Waals surface area contributed by atoms with Crippen molar-refractivity contribution >= 4 is 23.2 Å². The molecule has 0 heterocycles. The van der Waals surface area contributed by atoms with Gasteiger partial charge in [-0.05, 0) is 36.4 Å². The van der Waals surface area contributed by atoms with Gasteiger partial charge in [-0.3, -0.25) is 16.0 Å². The predicted octanol–water partition coefficient (Wildman–Crippen LogP) is 2.90. The molecule has 0 aliphatic carbocycles. The molecule has 0 atom stereocenters. The number of carboxylic acids is 1. The Morgan fingerprint density at radius 3 is 2.07 bits per heavy atom. The lowest BCUT2D eigenvalue weighted by Gasteiger charge is -2.12. The van der Waals surface area contributed by atoms with Crippen LogP contribution < -0.4 is 22.3 Å². The predicted molar refractivity (Wildman–Crippen MR) is 98.7 cm³/mol. The zero-order chi connectivity index (χ0) is 19.7. The number of benzene rings is 2. The first-order valence-electron chi connectivity index (χ1n) is 7.18. The second kappa shape index (κ2) is 10.8. The molecule has 2 aromatic rings. The Morgan fingerprint density at radius 1 is 1.11 bits per heavy atom. The summed E-state index contributed by atoms with van der Waals surface area (Å²) >= 11 is 0. The SMILES string of the molecule is C.N=C(N)c1ccccc1Nc1ccc(C(F)(F)F)cc1.NNCC(=O)O. The maximum absolute atomic E-state index is 12.5. The Kier molecular flexibility index (Phi) is 9.54. The van der Waals surface area contributed by atoms with Crippen LogP contribution in [-0.4, -0.2) is 23.5 Å². The number of alkyl halides is 3. The van der Waals surface area contributed by atoms with Crippen LogP contribution in [0.5, 0.6) is 0 Å². The summed E-state index contributed by atoms with van der Waals surface area (Å²) in [5, 5.41) is 18.2. The molecule has 0 unspecified atom stereocenters. The van der Waals surface area contributed by atoms with Gasteiger partial charge in [0, 0.05) is 16.9 Å². The average Bonchev–Trinajstić information content (AvgIpc) is 2.55. The summed E-state index contributed by atoms with van der Waals surface area (Å²) in [6.07, 6.45) is -4.35. The summed E-state index contributed by atoms with van der Waals surface area (Å²) in [6, 6.07) is 11.5. The van der Waals surface area contributed by atoms with Gasteiger partial charge in [0.25, 0.3) is 0 Å². The van der Waals surface area contributed by atoms with E-state index < -0.39 is 17.7 Å². The highest BCUT2D eigenvalue weighted by Gasteiger charge is 2.29. The van der Waals surface area contributed by atoms with E-state index in [0.717, 1.165) is 12.1 Å². The van der Waals surface area contributed by atoms with Gasteiger partial charge in [0.2, 0.25) is 0 Å². The number of para-hydroxylation sites is 1. The number of halogens is 3. The van der Waals surface area contributed by atoms with Crippen molar-refractivity contribution in [3.8, 4) is 0 Å². The first-order valence-corrected chi connectivity index (χ1v) is 7.18. The number of aliphatic carboxylic acids is 1. The monoisotopic (exact) mass is 385 g/mol. The number of carboxylic acid groups (broad SMARTS) is 1. The summed E-state index contributed by atoms with van der Waals surface area (Å²) in [7, 11) is 0. The molecule has 10 heteroatoms. The molecule has 8 N–H and O–H groups in total. The van der Waals surface area contributed by atoms with Gasteiger partial charge >= 0.3 is 12.1 Å². The average molecular weight is 385 g/mol. The van der Waals surface area contributed by atoms with Gasteiger partial charge in [0.15, 0.2) is 0 Å². The van der Waals surface area contributed by atoms with E-state index in [1.807, 2.05) is 5.43 Å². The number of hydrazine groups is 1. The van der Waals surface area contributed by atoms with E-state index in [9.17, 15) is 18.0 Å². The molecule has 0 aliphatic heterocycles. The van der Waals surface area contributed by atoms with Gasteiger partial charge in [-0.1, -0.05) is 19.6 Å². The number of rotatable bonds is 5. The molecule has 0 saturated heterocycles. The minimum Gasteiger partial charge on any atom is -0.480 e. The minimum atomic E-state index is -4.35. The molecule has 0 saturated carbocycles. The van der Waals surface area contributed by atoms with Gasteiger partial charge in [-0.2, -0.15) is 13.2 Å². The molecule has 0 aliphatic rings. The van der Waals surface area contributed by atoms with Crippen LogP contribution >= 0.6 is 0 Å². The molecule has 0 spiro atoms. The number of carbonyl (C=O) groups is 1. The van der Waals surface area contributed by atoms with Crippen LogP contribution in [0, 0.1) is 5.41 Å². The molecular formula is C17H22F3N5O2. The lowest BCUT2D eigenvalue weighted by atomic mass is 10.1. The van der Waals surface area contributed by atoms with E-state index in [4.69, 9.17) is 16.2 Å². The van der Waals surface area contributed by atoms with E-state index in [1.165, 1.54) is 12.1 Å². The third-order valence-corrected chi connectivity index (χ3v) is 2.96. The molecule has 0 bridgehead atoms. The summed E-state index contributed by atoms with van der Waals surface area (Å²) in [5.74, 6) is 3.54. The second-order valence-corrected chi connectivity index (χ2v) is 4.93. The summed E-state index contributed by atoms with van der Waals surface area (Å²) in [6.45, 7) is -0.181. The van der Waals surface area contributed by atoms with Crippen molar-refractivity contribution in [1.29, 1.82) is 5.41 Å². The van der Waals surface area contributed by atoms with Gasteiger partial charge < -0.3 is 16.2 Å². The highest BCUT2D eigenvalue weighted by molar-refractivity contribution is 6.00. The Labute approximate surface area is 154 Å². The van der Waals surface area contributed by atoms with Crippen LogP contribution in [-0.2, 0) is 11.0 Å². The Balaban J connectivity index is 0.000000842. The molecule has 0 aromatic heterocycles. The van der Waals surface area contributed by atoms with Crippen LogP contribution in [0.4, 0.5) is 24.5 Å². The van der Waals surface area contributed by atoms with E-state index in [0.29, 0.717) is 16.9 Å². The lowest BCUT2D eigenvalue weighted by Crippen LogP contribution is -2.28. The highest BCUT2D eigenvalue weighted by atomic mass is 19.4. The van der Waals surface area contributed by atoms with Crippen LogP contribution in [0.2, 0.25) is 0 Å². The van der Waals surface area contributed by atoms with E-state index in [1.54, 1.807) is 24.3 Å². The third-order valence-electron chi connectivity index (χ3n) is 2.96. The number of nitrogens with two attached hydrogens (primary N) is 2. The Morgan fingerprint density at radius 2 is 1.67 bits per heavy atom. The van der Waals surface area contributed by atoms with Crippen molar-refractivity contribution in [2.75, 3.05) is 11.9 Å². The summed E-state index contributed by atoms with van der Waals surface area (Å²) in [5.41, 5.74) is 8.26. The van der Waals surface area contributed by atoms with E-state index >= 15 is 0 Å².